The van der Waals surface area contributed by atoms with Gasteiger partial charge in [-0.15, -0.1) is 0 Å². The molecule has 0 amide bonds. The van der Waals surface area contributed by atoms with Crippen LogP contribution in [0.3, 0.4) is 0 Å². The average molecular weight is 933 g/mol. The minimum Gasteiger partial charge on any atom is -0.208 e. The first-order chi connectivity index (χ1) is 33.9. The summed E-state index contributed by atoms with van der Waals surface area (Å²) in [6.07, 6.45) is 25.1. The highest BCUT2D eigenvalue weighted by Crippen LogP contribution is 2.56. The summed E-state index contributed by atoms with van der Waals surface area (Å²) in [4.78, 5) is 14.6. The molecule has 0 radical (unpaired) electrons. The van der Waals surface area contributed by atoms with E-state index in [2.05, 4.69) is 161 Å². The Bertz CT molecular complexity index is 2630. The number of benzene rings is 6. The Morgan fingerprint density at radius 3 is 1.06 bits per heavy atom. The van der Waals surface area contributed by atoms with Gasteiger partial charge in [-0.2, -0.15) is 9.97 Å². The van der Waals surface area contributed by atoms with E-state index in [1.54, 1.807) is 0 Å². The molecule has 3 nitrogen and oxygen atoms in total. The van der Waals surface area contributed by atoms with Crippen LogP contribution in [-0.2, 0) is 10.8 Å². The highest BCUT2D eigenvalue weighted by Gasteiger charge is 2.43. The third-order valence-corrected chi connectivity index (χ3v) is 16.0. The third kappa shape index (κ3) is 10.1. The molecule has 0 N–H and O–H groups in total. The Labute approximate surface area is 419 Å². The van der Waals surface area contributed by atoms with Crippen molar-refractivity contribution in [2.24, 2.45) is 0 Å². The first-order valence-corrected chi connectivity index (χ1v) is 27.4. The zero-order valence-electron chi connectivity index (χ0n) is 42.1. The van der Waals surface area contributed by atoms with Crippen molar-refractivity contribution in [3.8, 4) is 67.3 Å². The van der Waals surface area contributed by atoms with Gasteiger partial charge in [0.15, 0.2) is 11.6 Å². The lowest BCUT2D eigenvalue weighted by atomic mass is 9.70. The second-order valence-corrected chi connectivity index (χ2v) is 20.8. The number of rotatable bonds is 24. The van der Waals surface area contributed by atoms with E-state index in [0.717, 1.165) is 22.3 Å². The van der Waals surface area contributed by atoms with Gasteiger partial charge in [-0.3, -0.25) is 0 Å². The number of aromatic nitrogens is 3. The van der Waals surface area contributed by atoms with E-state index in [9.17, 15) is 0 Å². The van der Waals surface area contributed by atoms with E-state index < -0.39 is 0 Å². The molecular formula is C65H74ClN3. The first-order valence-electron chi connectivity index (χ1n) is 27.0. The topological polar surface area (TPSA) is 38.7 Å². The van der Waals surface area contributed by atoms with Crippen LogP contribution >= 0.6 is 11.6 Å². The maximum Gasteiger partial charge on any atom is 0.226 e. The number of halogens is 1. The summed E-state index contributed by atoms with van der Waals surface area (Å²) in [5.41, 5.74) is 18.4. The van der Waals surface area contributed by atoms with Gasteiger partial charge in [-0.25, -0.2) is 4.98 Å². The number of nitrogens with zero attached hydrogens (tertiary/aromatic N) is 3. The van der Waals surface area contributed by atoms with Crippen LogP contribution in [0, 0.1) is 0 Å². The van der Waals surface area contributed by atoms with Crippen molar-refractivity contribution in [2.45, 2.75) is 167 Å². The summed E-state index contributed by atoms with van der Waals surface area (Å²) in [7, 11) is 0. The van der Waals surface area contributed by atoms with E-state index in [0.29, 0.717) is 11.6 Å². The second kappa shape index (κ2) is 22.6. The van der Waals surface area contributed by atoms with Crippen LogP contribution < -0.4 is 0 Å². The minimum absolute atomic E-state index is 0.0304. The van der Waals surface area contributed by atoms with Crippen LogP contribution in [0.1, 0.15) is 178 Å². The van der Waals surface area contributed by atoms with Crippen molar-refractivity contribution in [1.82, 2.24) is 15.0 Å². The van der Waals surface area contributed by atoms with Crippen LogP contribution in [0.25, 0.3) is 67.3 Å². The Morgan fingerprint density at radius 2 is 0.667 bits per heavy atom. The molecule has 0 aliphatic heterocycles. The fraction of sp³-hybridized carbons (Fsp3) is 0.400. The fourth-order valence-electron chi connectivity index (χ4n) is 12.3. The highest BCUT2D eigenvalue weighted by molar-refractivity contribution is 6.28. The average Bonchev–Trinajstić information content (AvgIpc) is 3.82. The summed E-state index contributed by atoms with van der Waals surface area (Å²) in [5, 5.41) is 0.197. The smallest absolute Gasteiger partial charge is 0.208 e. The molecule has 4 heteroatoms. The lowest BCUT2D eigenvalue weighted by Gasteiger charge is -2.33. The summed E-state index contributed by atoms with van der Waals surface area (Å²) in [6.45, 7) is 9.25. The molecule has 0 bridgehead atoms. The summed E-state index contributed by atoms with van der Waals surface area (Å²) < 4.78 is 0. The normalized spacial score (nSPS) is 13.8. The lowest BCUT2D eigenvalue weighted by molar-refractivity contribution is 0.401. The van der Waals surface area contributed by atoms with Crippen molar-refractivity contribution in [2.75, 3.05) is 0 Å². The third-order valence-electron chi connectivity index (χ3n) is 15.9. The molecule has 0 spiro atoms. The molecule has 2 aliphatic rings. The van der Waals surface area contributed by atoms with Gasteiger partial charge in [0.05, 0.1) is 0 Å². The maximum atomic E-state index is 6.83. The zero-order chi connectivity index (χ0) is 47.6. The van der Waals surface area contributed by atoms with Crippen LogP contribution in [-0.4, -0.2) is 15.0 Å². The van der Waals surface area contributed by atoms with Gasteiger partial charge in [-0.05, 0) is 128 Å². The highest BCUT2D eigenvalue weighted by atomic mass is 35.5. The molecule has 0 unspecified atom stereocenters. The van der Waals surface area contributed by atoms with Gasteiger partial charge in [0, 0.05) is 22.0 Å². The standard InChI is InChI=1S/C65H74ClN3/c1-5-9-13-21-39-64(40-22-14-10-6-2)57-33-19-17-31-53(57)55-37-35-49(45-59(55)64)47-27-25-29-51(43-47)61-67-62(69-63(66)68-61)52-30-26-28-48(44-52)50-36-38-56-54-32-18-20-34-58(54)65(60(56)46-50,41-23-15-11-7-3)42-24-16-12-8-4/h17-20,25-38,43-46H,5-16,21-24,39-42H2,1-4H3. The van der Waals surface area contributed by atoms with Crippen LogP contribution in [0.4, 0.5) is 0 Å². The molecule has 7 aromatic rings. The molecule has 0 fully saturated rings. The van der Waals surface area contributed by atoms with E-state index in [4.69, 9.17) is 26.6 Å². The molecule has 356 valence electrons. The van der Waals surface area contributed by atoms with Gasteiger partial charge in [0.25, 0.3) is 0 Å². The Hall–Kier alpha value is -5.38. The molecule has 9 rings (SSSR count). The quantitative estimate of drug-likeness (QED) is 0.0567. The van der Waals surface area contributed by atoms with E-state index in [1.807, 2.05) is 0 Å². The first kappa shape index (κ1) is 48.6. The fourth-order valence-corrected chi connectivity index (χ4v) is 12.5. The lowest BCUT2D eigenvalue weighted by Crippen LogP contribution is -2.25. The van der Waals surface area contributed by atoms with Gasteiger partial charge >= 0.3 is 0 Å². The van der Waals surface area contributed by atoms with Crippen LogP contribution in [0.15, 0.2) is 133 Å². The minimum atomic E-state index is 0.0304. The van der Waals surface area contributed by atoms with E-state index >= 15 is 0 Å². The number of hydrogen-bond acceptors (Lipinski definition) is 3. The largest absolute Gasteiger partial charge is 0.226 e. The van der Waals surface area contributed by atoms with Crippen molar-refractivity contribution in [1.29, 1.82) is 0 Å². The van der Waals surface area contributed by atoms with E-state index in [1.165, 1.54) is 184 Å². The number of unbranched alkanes of at least 4 members (excludes halogenated alkanes) is 12. The summed E-state index contributed by atoms with van der Waals surface area (Å²) >= 11 is 6.83. The Kier molecular flexibility index (Phi) is 15.9. The molecule has 0 atom stereocenters. The predicted molar refractivity (Wildman–Crippen MR) is 294 cm³/mol. The summed E-state index contributed by atoms with van der Waals surface area (Å²) in [6, 6.07) is 50.4. The predicted octanol–water partition coefficient (Wildman–Crippen LogP) is 19.6. The SMILES string of the molecule is CCCCCCC1(CCCCCC)c2ccccc2-c2ccc(-c3cccc(-c4nc(Cl)nc(-c5cccc(-c6ccc7c(c6)C(CCCCCC)(CCCCCC)c6ccccc6-7)c5)n4)c3)cc21. The second-order valence-electron chi connectivity index (χ2n) is 20.4. The van der Waals surface area contributed by atoms with E-state index in [-0.39, 0.29) is 16.1 Å². The van der Waals surface area contributed by atoms with Gasteiger partial charge < -0.3 is 0 Å². The molecule has 69 heavy (non-hydrogen) atoms. The molecule has 0 saturated carbocycles. The van der Waals surface area contributed by atoms with Crippen LogP contribution in [0.2, 0.25) is 5.28 Å². The van der Waals surface area contributed by atoms with Gasteiger partial charge in [0.2, 0.25) is 5.28 Å². The maximum absolute atomic E-state index is 6.83. The number of fused-ring (bicyclic) bond motifs is 6. The van der Waals surface area contributed by atoms with Gasteiger partial charge in [-0.1, -0.05) is 240 Å². The molecule has 1 heterocycles. The molecule has 6 aromatic carbocycles. The zero-order valence-corrected chi connectivity index (χ0v) is 42.8. The molecule has 1 aromatic heterocycles. The van der Waals surface area contributed by atoms with Crippen molar-refractivity contribution < 1.29 is 0 Å². The Balaban J connectivity index is 1.04. The molecular weight excluding hydrogens is 858 g/mol. The van der Waals surface area contributed by atoms with Crippen molar-refractivity contribution in [3.63, 3.8) is 0 Å². The van der Waals surface area contributed by atoms with Crippen molar-refractivity contribution >= 4 is 11.6 Å². The Morgan fingerprint density at radius 1 is 0.319 bits per heavy atom. The van der Waals surface area contributed by atoms with Crippen LogP contribution in [0.5, 0.6) is 0 Å². The van der Waals surface area contributed by atoms with Crippen molar-refractivity contribution in [3.05, 3.63) is 161 Å². The molecule has 0 saturated heterocycles. The summed E-state index contributed by atoms with van der Waals surface area (Å²) in [5.74, 6) is 1.16. The monoisotopic (exact) mass is 932 g/mol. The number of hydrogen-bond donors (Lipinski definition) is 0. The molecule has 2 aliphatic carbocycles. The van der Waals surface area contributed by atoms with Gasteiger partial charge in [0.1, 0.15) is 0 Å².